The van der Waals surface area contributed by atoms with E-state index in [-0.39, 0.29) is 17.1 Å². The molecule has 0 amide bonds. The number of fused-ring (bicyclic) bond motifs is 1. The van der Waals surface area contributed by atoms with Crippen molar-refractivity contribution in [3.63, 3.8) is 0 Å². The summed E-state index contributed by atoms with van der Waals surface area (Å²) in [5, 5.41) is 25.9. The zero-order valence-electron chi connectivity index (χ0n) is 10.9. The van der Waals surface area contributed by atoms with E-state index in [1.807, 2.05) is 6.08 Å². The van der Waals surface area contributed by atoms with Gasteiger partial charge in [0.1, 0.15) is 5.69 Å². The number of hydrazone groups is 1. The third kappa shape index (κ3) is 2.47. The molecule has 1 N–H and O–H groups in total. The number of rotatable bonds is 4. The van der Waals surface area contributed by atoms with E-state index < -0.39 is 9.85 Å². The Morgan fingerprint density at radius 1 is 1.19 bits per heavy atom. The van der Waals surface area contributed by atoms with Crippen LogP contribution in [0.25, 0.3) is 0 Å². The number of hydrogen-bond acceptors (Lipinski definition) is 6. The van der Waals surface area contributed by atoms with E-state index in [9.17, 15) is 20.2 Å². The number of allylic oxidation sites excluding steroid dienone is 2. The standard InChI is InChI=1S/C13H12N4O4/c18-16(19)10-2-4-12(13(7-10)17(20)21)15-14-11-3-1-8-5-9(11)6-8/h1-4,7-9,15H,5-6H2/b14-11+. The van der Waals surface area contributed by atoms with Gasteiger partial charge < -0.3 is 0 Å². The molecule has 1 saturated carbocycles. The Morgan fingerprint density at radius 2 is 1.95 bits per heavy atom. The smallest absolute Gasteiger partial charge is 0.271 e. The summed E-state index contributed by atoms with van der Waals surface area (Å²) >= 11 is 0. The highest BCUT2D eigenvalue weighted by molar-refractivity contribution is 5.99. The van der Waals surface area contributed by atoms with Gasteiger partial charge in [-0.05, 0) is 30.9 Å². The molecule has 3 aliphatic rings. The summed E-state index contributed by atoms with van der Waals surface area (Å²) in [7, 11) is 0. The molecule has 0 aromatic heterocycles. The second kappa shape index (κ2) is 4.97. The SMILES string of the molecule is O=[N+]([O-])c1ccc(N/N=C2\C=CC3CC2C3)c([N+](=O)[O-])c1. The lowest BCUT2D eigenvalue weighted by Crippen LogP contribution is -2.33. The summed E-state index contributed by atoms with van der Waals surface area (Å²) in [5.41, 5.74) is 2.99. The third-order valence-corrected chi connectivity index (χ3v) is 3.83. The summed E-state index contributed by atoms with van der Waals surface area (Å²) in [6, 6.07) is 3.45. The van der Waals surface area contributed by atoms with E-state index in [0.717, 1.165) is 24.6 Å². The van der Waals surface area contributed by atoms with Crippen LogP contribution in [0.1, 0.15) is 12.8 Å². The molecule has 0 aliphatic heterocycles. The summed E-state index contributed by atoms with van der Waals surface area (Å²) in [6.07, 6.45) is 6.15. The molecular weight excluding hydrogens is 276 g/mol. The predicted octanol–water partition coefficient (Wildman–Crippen LogP) is 2.87. The van der Waals surface area contributed by atoms with Crippen LogP contribution in [0.15, 0.2) is 35.5 Å². The Labute approximate surface area is 119 Å². The fourth-order valence-corrected chi connectivity index (χ4v) is 2.56. The van der Waals surface area contributed by atoms with Crippen LogP contribution in [0.2, 0.25) is 0 Å². The normalized spacial score (nSPS) is 24.5. The van der Waals surface area contributed by atoms with Crippen molar-refractivity contribution in [2.24, 2.45) is 16.9 Å². The lowest BCUT2D eigenvalue weighted by Gasteiger charge is -2.37. The first-order valence-corrected chi connectivity index (χ1v) is 6.49. The topological polar surface area (TPSA) is 111 Å². The van der Waals surface area contributed by atoms with Crippen LogP contribution < -0.4 is 5.43 Å². The van der Waals surface area contributed by atoms with Gasteiger partial charge in [0.2, 0.25) is 0 Å². The molecule has 3 aliphatic carbocycles. The molecule has 0 radical (unpaired) electrons. The van der Waals surface area contributed by atoms with Crippen LogP contribution in [0, 0.1) is 32.1 Å². The molecule has 0 heterocycles. The monoisotopic (exact) mass is 288 g/mol. The molecule has 4 rings (SSSR count). The molecule has 1 aromatic rings. The van der Waals surface area contributed by atoms with Gasteiger partial charge in [0.05, 0.1) is 21.6 Å². The first-order chi connectivity index (χ1) is 10.0. The third-order valence-electron chi connectivity index (χ3n) is 3.83. The molecule has 0 saturated heterocycles. The molecule has 21 heavy (non-hydrogen) atoms. The molecule has 1 aromatic carbocycles. The zero-order valence-corrected chi connectivity index (χ0v) is 10.9. The van der Waals surface area contributed by atoms with E-state index in [2.05, 4.69) is 16.6 Å². The highest BCUT2D eigenvalue weighted by atomic mass is 16.6. The van der Waals surface area contributed by atoms with Gasteiger partial charge in [0.25, 0.3) is 5.69 Å². The Kier molecular flexibility index (Phi) is 3.13. The van der Waals surface area contributed by atoms with Crippen molar-refractivity contribution in [1.29, 1.82) is 0 Å². The van der Waals surface area contributed by atoms with Crippen molar-refractivity contribution in [2.45, 2.75) is 12.8 Å². The molecule has 2 bridgehead atoms. The summed E-state index contributed by atoms with van der Waals surface area (Å²) in [5.74, 6) is 1.05. The molecule has 8 heteroatoms. The average Bonchev–Trinajstić information content (AvgIpc) is 2.44. The molecular formula is C13H12N4O4. The number of nitrogens with one attached hydrogen (secondary N) is 1. The van der Waals surface area contributed by atoms with E-state index in [1.165, 1.54) is 12.1 Å². The van der Waals surface area contributed by atoms with Gasteiger partial charge in [-0.2, -0.15) is 5.10 Å². The van der Waals surface area contributed by atoms with Crippen LogP contribution in [-0.4, -0.2) is 15.6 Å². The Balaban J connectivity index is 1.86. The minimum atomic E-state index is -0.666. The van der Waals surface area contributed by atoms with Gasteiger partial charge in [-0.15, -0.1) is 0 Å². The summed E-state index contributed by atoms with van der Waals surface area (Å²) in [4.78, 5) is 20.3. The van der Waals surface area contributed by atoms with Gasteiger partial charge >= 0.3 is 5.69 Å². The highest BCUT2D eigenvalue weighted by Crippen LogP contribution is 2.40. The maximum Gasteiger partial charge on any atom is 0.301 e. The fourth-order valence-electron chi connectivity index (χ4n) is 2.56. The first-order valence-electron chi connectivity index (χ1n) is 6.49. The minimum Gasteiger partial charge on any atom is -0.271 e. The Bertz CT molecular complexity index is 677. The molecule has 0 unspecified atom stereocenters. The van der Waals surface area contributed by atoms with Crippen molar-refractivity contribution in [1.82, 2.24) is 0 Å². The number of benzene rings is 1. The molecule has 108 valence electrons. The second-order valence-electron chi connectivity index (χ2n) is 5.15. The molecule has 0 spiro atoms. The lowest BCUT2D eigenvalue weighted by atomic mass is 9.68. The Morgan fingerprint density at radius 3 is 2.52 bits per heavy atom. The summed E-state index contributed by atoms with van der Waals surface area (Å²) in [6.45, 7) is 0. The van der Waals surface area contributed by atoms with E-state index >= 15 is 0 Å². The van der Waals surface area contributed by atoms with Gasteiger partial charge in [0.15, 0.2) is 0 Å². The number of nitro benzene ring substituents is 2. The predicted molar refractivity (Wildman–Crippen MR) is 76.2 cm³/mol. The maximum absolute atomic E-state index is 11.0. The molecule has 1 fully saturated rings. The van der Waals surface area contributed by atoms with Gasteiger partial charge in [-0.25, -0.2) is 0 Å². The van der Waals surface area contributed by atoms with Gasteiger partial charge in [0, 0.05) is 12.0 Å². The van der Waals surface area contributed by atoms with Gasteiger partial charge in [-0.1, -0.05) is 6.08 Å². The maximum atomic E-state index is 11.0. The van der Waals surface area contributed by atoms with E-state index in [1.54, 1.807) is 0 Å². The van der Waals surface area contributed by atoms with Crippen LogP contribution in [-0.2, 0) is 0 Å². The molecule has 8 nitrogen and oxygen atoms in total. The molecule has 0 atom stereocenters. The number of nitrogens with zero attached hydrogens (tertiary/aromatic N) is 3. The van der Waals surface area contributed by atoms with Crippen LogP contribution in [0.4, 0.5) is 17.1 Å². The number of non-ortho nitro benzene ring substituents is 1. The average molecular weight is 288 g/mol. The Hall–Kier alpha value is -2.77. The van der Waals surface area contributed by atoms with Gasteiger partial charge in [-0.3, -0.25) is 25.7 Å². The van der Waals surface area contributed by atoms with Crippen molar-refractivity contribution < 1.29 is 9.85 Å². The van der Waals surface area contributed by atoms with E-state index in [0.29, 0.717) is 11.8 Å². The number of nitro groups is 2. The van der Waals surface area contributed by atoms with Crippen molar-refractivity contribution in [3.05, 3.63) is 50.6 Å². The largest absolute Gasteiger partial charge is 0.301 e. The van der Waals surface area contributed by atoms with Crippen molar-refractivity contribution in [3.8, 4) is 0 Å². The fraction of sp³-hybridized carbons (Fsp3) is 0.308. The summed E-state index contributed by atoms with van der Waals surface area (Å²) < 4.78 is 0. The zero-order chi connectivity index (χ0) is 15.0. The first kappa shape index (κ1) is 13.2. The van der Waals surface area contributed by atoms with E-state index in [4.69, 9.17) is 0 Å². The van der Waals surface area contributed by atoms with Crippen LogP contribution in [0.5, 0.6) is 0 Å². The lowest BCUT2D eigenvalue weighted by molar-refractivity contribution is -0.393. The highest BCUT2D eigenvalue weighted by Gasteiger charge is 2.34. The quantitative estimate of drug-likeness (QED) is 0.676. The van der Waals surface area contributed by atoms with Crippen molar-refractivity contribution >= 4 is 22.8 Å². The number of anilines is 1. The van der Waals surface area contributed by atoms with Crippen molar-refractivity contribution in [2.75, 3.05) is 5.43 Å². The number of hydrogen-bond donors (Lipinski definition) is 1. The minimum absolute atomic E-state index is 0.146. The van der Waals surface area contributed by atoms with Crippen LogP contribution >= 0.6 is 0 Å². The second-order valence-corrected chi connectivity index (χ2v) is 5.15. The van der Waals surface area contributed by atoms with Crippen LogP contribution in [0.3, 0.4) is 0 Å².